The Morgan fingerprint density at radius 1 is 1.09 bits per heavy atom. The Balaban J connectivity index is 1.67. The first-order chi connectivity index (χ1) is 15.5. The molecule has 4 aromatic rings. The minimum atomic E-state index is -0.504. The summed E-state index contributed by atoms with van der Waals surface area (Å²) in [5, 5.41) is 3.63. The highest BCUT2D eigenvalue weighted by Gasteiger charge is 2.25. The summed E-state index contributed by atoms with van der Waals surface area (Å²) in [5.74, 6) is -0.939. The van der Waals surface area contributed by atoms with E-state index in [2.05, 4.69) is 10.3 Å². The molecule has 2 heterocycles. The van der Waals surface area contributed by atoms with Gasteiger partial charge in [-0.25, -0.2) is 9.78 Å². The number of aromatic nitrogens is 2. The highest BCUT2D eigenvalue weighted by atomic mass is 32.1. The molecule has 0 saturated carbocycles. The quantitative estimate of drug-likeness (QED) is 0.446. The summed E-state index contributed by atoms with van der Waals surface area (Å²) < 4.78 is 6.51. The summed E-state index contributed by atoms with van der Waals surface area (Å²) in [5.41, 5.74) is 2.18. The summed E-state index contributed by atoms with van der Waals surface area (Å²) in [6.45, 7) is 3.61. The number of amides is 1. The first-order valence-electron chi connectivity index (χ1n) is 10.1. The monoisotopic (exact) mass is 447 g/mol. The maximum absolute atomic E-state index is 12.8. The third kappa shape index (κ3) is 4.17. The Kier molecular flexibility index (Phi) is 6.13. The molecule has 1 N–H and O–H groups in total. The second kappa shape index (κ2) is 9.15. The van der Waals surface area contributed by atoms with Crippen molar-refractivity contribution < 1.29 is 14.3 Å². The van der Waals surface area contributed by atoms with Gasteiger partial charge in [0, 0.05) is 10.4 Å². The van der Waals surface area contributed by atoms with Crippen LogP contribution in [0.4, 0.5) is 5.00 Å². The van der Waals surface area contributed by atoms with Gasteiger partial charge in [0.15, 0.2) is 0 Å². The molecule has 0 bridgehead atoms. The SMILES string of the molecule is CCOC(=O)c1c(NC(=O)Cn2cnc3ccccc3c2=O)sc(C)c1-c1ccccc1. The summed E-state index contributed by atoms with van der Waals surface area (Å²) in [4.78, 5) is 43.4. The minimum absolute atomic E-state index is 0.216. The van der Waals surface area contributed by atoms with E-state index in [0.717, 1.165) is 16.0 Å². The topological polar surface area (TPSA) is 90.3 Å². The lowest BCUT2D eigenvalue weighted by molar-refractivity contribution is -0.116. The molecular weight excluding hydrogens is 426 g/mol. The molecule has 0 aliphatic carbocycles. The lowest BCUT2D eigenvalue weighted by Gasteiger charge is -2.10. The van der Waals surface area contributed by atoms with E-state index in [9.17, 15) is 14.4 Å². The Hall–Kier alpha value is -3.78. The first kappa shape index (κ1) is 21.5. The zero-order chi connectivity index (χ0) is 22.7. The lowest BCUT2D eigenvalue weighted by atomic mass is 10.0. The molecule has 7 nitrogen and oxygen atoms in total. The number of hydrogen-bond acceptors (Lipinski definition) is 6. The van der Waals surface area contributed by atoms with Crippen molar-refractivity contribution in [2.45, 2.75) is 20.4 Å². The predicted octanol–water partition coefficient (Wildman–Crippen LogP) is 4.25. The van der Waals surface area contributed by atoms with Crippen molar-refractivity contribution in [2.24, 2.45) is 0 Å². The Morgan fingerprint density at radius 3 is 2.56 bits per heavy atom. The number of para-hydroxylation sites is 1. The summed E-state index contributed by atoms with van der Waals surface area (Å²) in [6, 6.07) is 16.4. The van der Waals surface area contributed by atoms with Crippen molar-refractivity contribution in [3.63, 3.8) is 0 Å². The van der Waals surface area contributed by atoms with E-state index in [0.29, 0.717) is 21.5 Å². The standard InChI is InChI=1S/C24H21N3O4S/c1-3-31-24(30)21-20(16-9-5-4-6-10-16)15(2)32-22(21)26-19(28)13-27-14-25-18-12-8-7-11-17(18)23(27)29/h4-12,14H,3,13H2,1-2H3,(H,26,28). The van der Waals surface area contributed by atoms with Gasteiger partial charge in [-0.2, -0.15) is 0 Å². The van der Waals surface area contributed by atoms with Crippen molar-refractivity contribution >= 4 is 39.1 Å². The molecule has 1 amide bonds. The molecule has 0 unspecified atom stereocenters. The first-order valence-corrected chi connectivity index (χ1v) is 10.9. The minimum Gasteiger partial charge on any atom is -0.462 e. The molecule has 0 atom stereocenters. The molecule has 32 heavy (non-hydrogen) atoms. The van der Waals surface area contributed by atoms with E-state index < -0.39 is 11.9 Å². The maximum Gasteiger partial charge on any atom is 0.341 e. The van der Waals surface area contributed by atoms with Crippen LogP contribution in [0.1, 0.15) is 22.2 Å². The highest BCUT2D eigenvalue weighted by molar-refractivity contribution is 7.17. The number of thiophene rings is 1. The van der Waals surface area contributed by atoms with E-state index in [4.69, 9.17) is 4.74 Å². The van der Waals surface area contributed by atoms with Crippen molar-refractivity contribution in [3.8, 4) is 11.1 Å². The van der Waals surface area contributed by atoms with Crippen LogP contribution in [0.3, 0.4) is 0 Å². The molecule has 4 rings (SSSR count). The zero-order valence-corrected chi connectivity index (χ0v) is 18.4. The van der Waals surface area contributed by atoms with Crippen molar-refractivity contribution in [2.75, 3.05) is 11.9 Å². The fraction of sp³-hybridized carbons (Fsp3) is 0.167. The average Bonchev–Trinajstić information content (AvgIpc) is 3.12. The number of nitrogens with zero attached hydrogens (tertiary/aromatic N) is 2. The van der Waals surface area contributed by atoms with E-state index in [-0.39, 0.29) is 18.7 Å². The highest BCUT2D eigenvalue weighted by Crippen LogP contribution is 2.40. The average molecular weight is 448 g/mol. The number of rotatable bonds is 6. The molecule has 162 valence electrons. The van der Waals surface area contributed by atoms with E-state index in [1.165, 1.54) is 22.2 Å². The van der Waals surface area contributed by atoms with Gasteiger partial charge in [-0.15, -0.1) is 11.3 Å². The molecule has 2 aromatic carbocycles. The maximum atomic E-state index is 12.8. The van der Waals surface area contributed by atoms with Crippen LogP contribution in [0.2, 0.25) is 0 Å². The molecule has 2 aromatic heterocycles. The van der Waals surface area contributed by atoms with Gasteiger partial charge in [0.1, 0.15) is 17.1 Å². The number of anilines is 1. The van der Waals surface area contributed by atoms with Gasteiger partial charge in [0.25, 0.3) is 5.56 Å². The van der Waals surface area contributed by atoms with Gasteiger partial charge < -0.3 is 10.1 Å². The lowest BCUT2D eigenvalue weighted by Crippen LogP contribution is -2.28. The van der Waals surface area contributed by atoms with Crippen LogP contribution in [0, 0.1) is 6.92 Å². The molecule has 0 fully saturated rings. The van der Waals surface area contributed by atoms with Gasteiger partial charge in [-0.05, 0) is 31.5 Å². The van der Waals surface area contributed by atoms with Gasteiger partial charge in [-0.3, -0.25) is 14.2 Å². The van der Waals surface area contributed by atoms with Crippen LogP contribution >= 0.6 is 11.3 Å². The molecule has 8 heteroatoms. The van der Waals surface area contributed by atoms with Crippen molar-refractivity contribution in [1.82, 2.24) is 9.55 Å². The fourth-order valence-corrected chi connectivity index (χ4v) is 4.60. The van der Waals surface area contributed by atoms with E-state index in [1.54, 1.807) is 31.2 Å². The Labute approximate surface area is 188 Å². The van der Waals surface area contributed by atoms with Gasteiger partial charge in [0.05, 0.1) is 23.8 Å². The number of hydrogen-bond donors (Lipinski definition) is 1. The van der Waals surface area contributed by atoms with Crippen LogP contribution in [0.15, 0.2) is 65.7 Å². The zero-order valence-electron chi connectivity index (χ0n) is 17.6. The molecule has 0 spiro atoms. The number of esters is 1. The number of benzene rings is 2. The van der Waals surface area contributed by atoms with Gasteiger partial charge in [-0.1, -0.05) is 42.5 Å². The van der Waals surface area contributed by atoms with Gasteiger partial charge >= 0.3 is 5.97 Å². The number of carbonyl (C=O) groups excluding carboxylic acids is 2. The van der Waals surface area contributed by atoms with E-state index >= 15 is 0 Å². The van der Waals surface area contributed by atoms with Crippen LogP contribution in [0.25, 0.3) is 22.0 Å². The van der Waals surface area contributed by atoms with Crippen molar-refractivity contribution in [3.05, 3.63) is 81.7 Å². The summed E-state index contributed by atoms with van der Waals surface area (Å²) in [7, 11) is 0. The number of ether oxygens (including phenoxy) is 1. The van der Waals surface area contributed by atoms with Crippen LogP contribution in [-0.4, -0.2) is 28.0 Å². The fourth-order valence-electron chi connectivity index (χ4n) is 3.52. The normalized spacial score (nSPS) is 10.8. The Morgan fingerprint density at radius 2 is 1.81 bits per heavy atom. The second-order valence-electron chi connectivity index (χ2n) is 7.07. The molecular formula is C24H21N3O4S. The third-order valence-corrected chi connectivity index (χ3v) is 5.95. The molecule has 0 saturated heterocycles. The summed E-state index contributed by atoms with van der Waals surface area (Å²) in [6.07, 6.45) is 1.35. The number of nitrogens with one attached hydrogen (secondary N) is 1. The van der Waals surface area contributed by atoms with Crippen LogP contribution in [0.5, 0.6) is 0 Å². The van der Waals surface area contributed by atoms with Crippen LogP contribution in [-0.2, 0) is 16.1 Å². The number of fused-ring (bicyclic) bond motifs is 1. The van der Waals surface area contributed by atoms with Crippen LogP contribution < -0.4 is 10.9 Å². The smallest absolute Gasteiger partial charge is 0.341 e. The summed E-state index contributed by atoms with van der Waals surface area (Å²) >= 11 is 1.30. The largest absolute Gasteiger partial charge is 0.462 e. The third-order valence-electron chi connectivity index (χ3n) is 4.92. The predicted molar refractivity (Wildman–Crippen MR) is 125 cm³/mol. The Bertz CT molecular complexity index is 1360. The second-order valence-corrected chi connectivity index (χ2v) is 8.29. The molecule has 0 aliphatic rings. The van der Waals surface area contributed by atoms with Crippen molar-refractivity contribution in [1.29, 1.82) is 0 Å². The number of aryl methyl sites for hydroxylation is 1. The molecule has 0 aliphatic heterocycles. The molecule has 0 radical (unpaired) electrons. The van der Waals surface area contributed by atoms with E-state index in [1.807, 2.05) is 37.3 Å². The number of carbonyl (C=O) groups is 2. The van der Waals surface area contributed by atoms with Gasteiger partial charge in [0.2, 0.25) is 5.91 Å².